The summed E-state index contributed by atoms with van der Waals surface area (Å²) in [7, 11) is 3.78. The number of anilines is 1. The van der Waals surface area contributed by atoms with Gasteiger partial charge in [0, 0.05) is 30.3 Å². The van der Waals surface area contributed by atoms with Crippen LogP contribution in [0.3, 0.4) is 0 Å². The Bertz CT molecular complexity index is 432. The molecule has 0 unspecified atom stereocenters. The van der Waals surface area contributed by atoms with Crippen LogP contribution in [0.15, 0.2) is 22.7 Å². The van der Waals surface area contributed by atoms with E-state index in [4.69, 9.17) is 0 Å². The summed E-state index contributed by atoms with van der Waals surface area (Å²) in [5, 5.41) is 0. The van der Waals surface area contributed by atoms with E-state index >= 15 is 0 Å². The Labute approximate surface area is 118 Å². The van der Waals surface area contributed by atoms with Crippen LogP contribution in [-0.4, -0.2) is 37.5 Å². The summed E-state index contributed by atoms with van der Waals surface area (Å²) in [6, 6.07) is 6.34. The summed E-state index contributed by atoms with van der Waals surface area (Å²) < 4.78 is 1.09. The van der Waals surface area contributed by atoms with Gasteiger partial charge in [0.15, 0.2) is 0 Å². The summed E-state index contributed by atoms with van der Waals surface area (Å²) >= 11 is 3.48. The Morgan fingerprint density at radius 2 is 1.94 bits per heavy atom. The fourth-order valence-corrected chi connectivity index (χ4v) is 1.81. The molecule has 18 heavy (non-hydrogen) atoms. The summed E-state index contributed by atoms with van der Waals surface area (Å²) in [4.78, 5) is 15.7. The minimum Gasteiger partial charge on any atom is -0.365 e. The molecule has 0 radical (unpaired) electrons. The van der Waals surface area contributed by atoms with Crippen molar-refractivity contribution < 1.29 is 4.79 Å². The molecule has 100 valence electrons. The van der Waals surface area contributed by atoms with Crippen LogP contribution in [0.1, 0.15) is 19.4 Å². The second-order valence-corrected chi connectivity index (χ2v) is 5.74. The maximum absolute atomic E-state index is 12.0. The van der Waals surface area contributed by atoms with Crippen molar-refractivity contribution in [1.29, 1.82) is 0 Å². The minimum absolute atomic E-state index is 0.132. The van der Waals surface area contributed by atoms with E-state index in [-0.39, 0.29) is 11.9 Å². The van der Waals surface area contributed by atoms with E-state index < -0.39 is 0 Å². The van der Waals surface area contributed by atoms with Gasteiger partial charge in [-0.05, 0) is 44.5 Å². The van der Waals surface area contributed by atoms with Gasteiger partial charge in [0.25, 0.3) is 0 Å². The molecule has 0 N–H and O–H groups in total. The van der Waals surface area contributed by atoms with E-state index in [1.54, 1.807) is 4.90 Å². The number of benzene rings is 1. The molecule has 0 fully saturated rings. The molecular formula is C14H21BrN2O. The lowest BCUT2D eigenvalue weighted by Crippen LogP contribution is -2.40. The summed E-state index contributed by atoms with van der Waals surface area (Å²) in [6.45, 7) is 6.47. The van der Waals surface area contributed by atoms with Crippen LogP contribution in [-0.2, 0) is 4.79 Å². The van der Waals surface area contributed by atoms with Crippen LogP contribution in [0, 0.1) is 6.92 Å². The third kappa shape index (κ3) is 3.73. The van der Waals surface area contributed by atoms with Gasteiger partial charge < -0.3 is 9.80 Å². The van der Waals surface area contributed by atoms with Gasteiger partial charge in [0.2, 0.25) is 5.91 Å². The van der Waals surface area contributed by atoms with Crippen molar-refractivity contribution in [3.05, 3.63) is 28.2 Å². The molecule has 0 saturated heterocycles. The average molecular weight is 313 g/mol. The predicted molar refractivity (Wildman–Crippen MR) is 80.1 cm³/mol. The van der Waals surface area contributed by atoms with Crippen LogP contribution >= 0.6 is 15.9 Å². The van der Waals surface area contributed by atoms with E-state index in [0.717, 1.165) is 10.2 Å². The molecular weight excluding hydrogens is 292 g/mol. The number of carbonyl (C=O) groups is 1. The number of likely N-dealkylation sites (N-methyl/N-ethyl adjacent to an activating group) is 2. The Balaban J connectivity index is 2.73. The standard InChI is InChI=1S/C14H21BrN2O/c1-10(2)17(5)14(18)9-16(4)12-6-7-13(15)11(3)8-12/h6-8,10H,9H2,1-5H3. The van der Waals surface area contributed by atoms with Gasteiger partial charge in [-0.3, -0.25) is 4.79 Å². The van der Waals surface area contributed by atoms with Crippen molar-refractivity contribution in [2.75, 3.05) is 25.5 Å². The number of rotatable bonds is 4. The van der Waals surface area contributed by atoms with E-state index in [0.29, 0.717) is 6.54 Å². The molecule has 0 saturated carbocycles. The normalized spacial score (nSPS) is 10.6. The molecule has 1 aromatic carbocycles. The number of hydrogen-bond acceptors (Lipinski definition) is 2. The van der Waals surface area contributed by atoms with Crippen LogP contribution in [0.5, 0.6) is 0 Å². The van der Waals surface area contributed by atoms with Crippen LogP contribution in [0.2, 0.25) is 0 Å². The molecule has 4 heteroatoms. The van der Waals surface area contributed by atoms with Gasteiger partial charge in [0.1, 0.15) is 0 Å². The molecule has 1 amide bonds. The third-order valence-corrected chi connectivity index (χ3v) is 4.01. The fourth-order valence-electron chi connectivity index (χ4n) is 1.56. The largest absolute Gasteiger partial charge is 0.365 e. The minimum atomic E-state index is 0.132. The first-order valence-electron chi connectivity index (χ1n) is 6.06. The van der Waals surface area contributed by atoms with Crippen LogP contribution < -0.4 is 4.90 Å². The maximum atomic E-state index is 12.0. The molecule has 0 heterocycles. The highest BCUT2D eigenvalue weighted by Gasteiger charge is 2.14. The predicted octanol–water partition coefficient (Wildman–Crippen LogP) is 3.06. The molecule has 0 aliphatic carbocycles. The van der Waals surface area contributed by atoms with Crippen molar-refractivity contribution in [2.45, 2.75) is 26.8 Å². The van der Waals surface area contributed by atoms with Gasteiger partial charge in [-0.25, -0.2) is 0 Å². The van der Waals surface area contributed by atoms with Gasteiger partial charge in [-0.2, -0.15) is 0 Å². The number of amides is 1. The fraction of sp³-hybridized carbons (Fsp3) is 0.500. The number of carbonyl (C=O) groups excluding carboxylic acids is 1. The van der Waals surface area contributed by atoms with Crippen LogP contribution in [0.25, 0.3) is 0 Å². The zero-order valence-corrected chi connectivity index (χ0v) is 13.3. The zero-order chi connectivity index (χ0) is 13.9. The molecule has 1 rings (SSSR count). The topological polar surface area (TPSA) is 23.6 Å². The lowest BCUT2D eigenvalue weighted by Gasteiger charge is -2.26. The van der Waals surface area contributed by atoms with Gasteiger partial charge in [-0.15, -0.1) is 0 Å². The van der Waals surface area contributed by atoms with Gasteiger partial charge in [0.05, 0.1) is 6.54 Å². The van der Waals surface area contributed by atoms with E-state index in [9.17, 15) is 4.79 Å². The quantitative estimate of drug-likeness (QED) is 0.853. The molecule has 0 atom stereocenters. The van der Waals surface area contributed by atoms with Crippen molar-refractivity contribution >= 4 is 27.5 Å². The Morgan fingerprint density at radius 3 is 2.44 bits per heavy atom. The number of hydrogen-bond donors (Lipinski definition) is 0. The average Bonchev–Trinajstić information content (AvgIpc) is 2.31. The molecule has 0 aromatic heterocycles. The Kier molecular flexibility index (Phi) is 5.20. The van der Waals surface area contributed by atoms with E-state index in [1.165, 1.54) is 5.56 Å². The van der Waals surface area contributed by atoms with Crippen molar-refractivity contribution in [2.24, 2.45) is 0 Å². The molecule has 0 spiro atoms. The lowest BCUT2D eigenvalue weighted by molar-refractivity contribution is -0.129. The number of aryl methyl sites for hydroxylation is 1. The zero-order valence-electron chi connectivity index (χ0n) is 11.7. The van der Waals surface area contributed by atoms with Crippen molar-refractivity contribution in [1.82, 2.24) is 4.90 Å². The van der Waals surface area contributed by atoms with Crippen molar-refractivity contribution in [3.8, 4) is 0 Å². The number of nitrogens with zero attached hydrogens (tertiary/aromatic N) is 2. The smallest absolute Gasteiger partial charge is 0.242 e. The monoisotopic (exact) mass is 312 g/mol. The highest BCUT2D eigenvalue weighted by Crippen LogP contribution is 2.22. The Hall–Kier alpha value is -1.03. The Morgan fingerprint density at radius 1 is 1.33 bits per heavy atom. The second kappa shape index (κ2) is 6.23. The molecule has 1 aromatic rings. The molecule has 3 nitrogen and oxygen atoms in total. The highest BCUT2D eigenvalue weighted by molar-refractivity contribution is 9.10. The third-order valence-electron chi connectivity index (χ3n) is 3.12. The first kappa shape index (κ1) is 15.0. The van der Waals surface area contributed by atoms with Gasteiger partial charge in [-0.1, -0.05) is 15.9 Å². The SMILES string of the molecule is Cc1cc(N(C)CC(=O)N(C)C(C)C)ccc1Br. The van der Waals surface area contributed by atoms with Crippen molar-refractivity contribution in [3.63, 3.8) is 0 Å². The summed E-state index contributed by atoms with van der Waals surface area (Å²) in [5.74, 6) is 0.132. The first-order valence-corrected chi connectivity index (χ1v) is 6.85. The van der Waals surface area contributed by atoms with E-state index in [2.05, 4.69) is 22.0 Å². The molecule has 0 aliphatic rings. The maximum Gasteiger partial charge on any atom is 0.242 e. The molecule has 0 bridgehead atoms. The van der Waals surface area contributed by atoms with Crippen LogP contribution in [0.4, 0.5) is 5.69 Å². The second-order valence-electron chi connectivity index (χ2n) is 4.89. The lowest BCUT2D eigenvalue weighted by atomic mass is 10.2. The summed E-state index contributed by atoms with van der Waals surface area (Å²) in [6.07, 6.45) is 0. The first-order chi connectivity index (χ1) is 8.32. The number of halogens is 1. The molecule has 0 aliphatic heterocycles. The van der Waals surface area contributed by atoms with Gasteiger partial charge >= 0.3 is 0 Å². The highest BCUT2D eigenvalue weighted by atomic mass is 79.9. The summed E-state index contributed by atoms with van der Waals surface area (Å²) in [5.41, 5.74) is 2.23. The van der Waals surface area contributed by atoms with E-state index in [1.807, 2.05) is 51.9 Å².